The van der Waals surface area contributed by atoms with E-state index in [9.17, 15) is 9.59 Å². The molecule has 2 aromatic rings. The number of carbonyl (C=O) groups excluding carboxylic acids is 1. The molecule has 0 fully saturated rings. The highest BCUT2D eigenvalue weighted by atomic mass is 79.9. The van der Waals surface area contributed by atoms with E-state index in [-0.39, 0.29) is 23.9 Å². The first-order valence-corrected chi connectivity index (χ1v) is 8.67. The van der Waals surface area contributed by atoms with Crippen LogP contribution in [0.25, 0.3) is 0 Å². The van der Waals surface area contributed by atoms with Crippen LogP contribution in [0, 0.1) is 0 Å². The fourth-order valence-electron chi connectivity index (χ4n) is 2.34. The fraction of sp³-hybridized carbons (Fsp3) is 0.333. The van der Waals surface area contributed by atoms with Gasteiger partial charge in [-0.05, 0) is 53.5 Å². The average Bonchev–Trinajstić information content (AvgIpc) is 2.56. The van der Waals surface area contributed by atoms with Crippen LogP contribution in [-0.4, -0.2) is 17.1 Å². The van der Waals surface area contributed by atoms with Crippen LogP contribution in [0.4, 0.5) is 0 Å². The number of hydrogen-bond acceptors (Lipinski definition) is 3. The topological polar surface area (TPSA) is 60.3 Å². The molecule has 0 aliphatic heterocycles. The molecule has 0 saturated carbocycles. The highest BCUT2D eigenvalue weighted by Crippen LogP contribution is 2.19. The Balaban J connectivity index is 1.93. The minimum atomic E-state index is -0.128. The number of hydrogen-bond donors (Lipinski definition) is 1. The molecule has 1 aromatic carbocycles. The lowest BCUT2D eigenvalue weighted by molar-refractivity contribution is -0.121. The molecule has 0 bridgehead atoms. The Morgan fingerprint density at radius 3 is 2.88 bits per heavy atom. The molecule has 1 heterocycles. The van der Waals surface area contributed by atoms with Gasteiger partial charge in [-0.3, -0.25) is 9.59 Å². The average molecular weight is 393 g/mol. The van der Waals surface area contributed by atoms with Crippen LogP contribution in [0.15, 0.2) is 51.9 Å². The molecule has 1 amide bonds. The van der Waals surface area contributed by atoms with Gasteiger partial charge < -0.3 is 14.6 Å². The molecule has 6 heteroatoms. The largest absolute Gasteiger partial charge is 0.494 e. The van der Waals surface area contributed by atoms with Gasteiger partial charge >= 0.3 is 0 Å². The zero-order valence-corrected chi connectivity index (χ0v) is 15.4. The Bertz CT molecular complexity index is 758. The second kappa shape index (κ2) is 8.68. The SMILES string of the molecule is CCOc1cccc(C(C)NC(=O)CCn2cc(Br)ccc2=O)c1. The quantitative estimate of drug-likeness (QED) is 0.786. The lowest BCUT2D eigenvalue weighted by Crippen LogP contribution is -2.29. The van der Waals surface area contributed by atoms with Crippen molar-refractivity contribution in [3.05, 3.63) is 63.0 Å². The maximum Gasteiger partial charge on any atom is 0.250 e. The van der Waals surface area contributed by atoms with Gasteiger partial charge in [-0.2, -0.15) is 0 Å². The van der Waals surface area contributed by atoms with E-state index in [0.717, 1.165) is 15.8 Å². The number of aromatic nitrogens is 1. The molecule has 24 heavy (non-hydrogen) atoms. The zero-order chi connectivity index (χ0) is 17.5. The first kappa shape index (κ1) is 18.3. The standard InChI is InChI=1S/C18H21BrN2O3/c1-3-24-16-6-4-5-14(11-16)13(2)20-17(22)9-10-21-12-15(19)7-8-18(21)23/h4-8,11-13H,3,9-10H2,1-2H3,(H,20,22). The number of nitrogens with one attached hydrogen (secondary N) is 1. The second-order valence-corrected chi connectivity index (χ2v) is 6.34. The molecule has 0 saturated heterocycles. The lowest BCUT2D eigenvalue weighted by atomic mass is 10.1. The van der Waals surface area contributed by atoms with E-state index in [1.165, 1.54) is 10.6 Å². The number of carbonyl (C=O) groups is 1. The fourth-order valence-corrected chi connectivity index (χ4v) is 2.72. The van der Waals surface area contributed by atoms with Crippen molar-refractivity contribution < 1.29 is 9.53 Å². The summed E-state index contributed by atoms with van der Waals surface area (Å²) in [6.07, 6.45) is 1.93. The maximum absolute atomic E-state index is 12.1. The summed E-state index contributed by atoms with van der Waals surface area (Å²) in [6, 6.07) is 10.7. The summed E-state index contributed by atoms with van der Waals surface area (Å²) in [5.41, 5.74) is 0.859. The van der Waals surface area contributed by atoms with E-state index in [2.05, 4.69) is 21.2 Å². The second-order valence-electron chi connectivity index (χ2n) is 5.42. The van der Waals surface area contributed by atoms with Crippen LogP contribution in [0.5, 0.6) is 5.75 Å². The van der Waals surface area contributed by atoms with Crippen LogP contribution >= 0.6 is 15.9 Å². The number of aryl methyl sites for hydroxylation is 1. The van der Waals surface area contributed by atoms with E-state index < -0.39 is 0 Å². The van der Waals surface area contributed by atoms with Gasteiger partial charge in [0.1, 0.15) is 5.75 Å². The molecule has 1 atom stereocenters. The van der Waals surface area contributed by atoms with E-state index in [1.54, 1.807) is 12.3 Å². The van der Waals surface area contributed by atoms with Crippen LogP contribution < -0.4 is 15.6 Å². The van der Waals surface area contributed by atoms with Gasteiger partial charge in [0.2, 0.25) is 5.91 Å². The first-order valence-electron chi connectivity index (χ1n) is 7.87. The predicted octanol–water partition coefficient (Wildman–Crippen LogP) is 3.28. The molecule has 1 aromatic heterocycles. The van der Waals surface area contributed by atoms with Crippen molar-refractivity contribution in [2.24, 2.45) is 0 Å². The van der Waals surface area contributed by atoms with Crippen molar-refractivity contribution in [2.75, 3.05) is 6.61 Å². The van der Waals surface area contributed by atoms with Crippen LogP contribution in [0.1, 0.15) is 31.9 Å². The smallest absolute Gasteiger partial charge is 0.250 e. The van der Waals surface area contributed by atoms with Gasteiger partial charge in [-0.1, -0.05) is 12.1 Å². The summed E-state index contributed by atoms with van der Waals surface area (Å²) in [5.74, 6) is 0.688. The number of amides is 1. The lowest BCUT2D eigenvalue weighted by Gasteiger charge is -2.16. The Kier molecular flexibility index (Phi) is 6.61. The number of pyridine rings is 1. The third-order valence-electron chi connectivity index (χ3n) is 3.57. The molecule has 0 aliphatic carbocycles. The number of ether oxygens (including phenoxy) is 1. The van der Waals surface area contributed by atoms with Gasteiger partial charge in [0, 0.05) is 29.7 Å². The van der Waals surface area contributed by atoms with Crippen molar-refractivity contribution in [1.82, 2.24) is 9.88 Å². The minimum Gasteiger partial charge on any atom is -0.494 e. The summed E-state index contributed by atoms with van der Waals surface area (Å²) in [4.78, 5) is 23.9. The Labute approximate surface area is 149 Å². The maximum atomic E-state index is 12.1. The number of nitrogens with zero attached hydrogens (tertiary/aromatic N) is 1. The van der Waals surface area contributed by atoms with Crippen LogP contribution in [0.2, 0.25) is 0 Å². The molecule has 0 radical (unpaired) electrons. The molecular weight excluding hydrogens is 372 g/mol. The van der Waals surface area contributed by atoms with Gasteiger partial charge in [-0.25, -0.2) is 0 Å². The predicted molar refractivity (Wildman–Crippen MR) is 97.2 cm³/mol. The highest BCUT2D eigenvalue weighted by Gasteiger charge is 2.11. The molecule has 1 unspecified atom stereocenters. The molecule has 2 rings (SSSR count). The van der Waals surface area contributed by atoms with Gasteiger partial charge in [-0.15, -0.1) is 0 Å². The normalized spacial score (nSPS) is 11.8. The zero-order valence-electron chi connectivity index (χ0n) is 13.8. The minimum absolute atomic E-state index is 0.101. The monoisotopic (exact) mass is 392 g/mol. The summed E-state index contributed by atoms with van der Waals surface area (Å²) in [7, 11) is 0. The van der Waals surface area contributed by atoms with Crippen LogP contribution in [0.3, 0.4) is 0 Å². The molecular formula is C18H21BrN2O3. The van der Waals surface area contributed by atoms with Crippen molar-refractivity contribution in [3.63, 3.8) is 0 Å². The van der Waals surface area contributed by atoms with E-state index in [4.69, 9.17) is 4.74 Å². The van der Waals surface area contributed by atoms with Gasteiger partial charge in [0.05, 0.1) is 12.6 Å². The Hall–Kier alpha value is -2.08. The number of benzene rings is 1. The van der Waals surface area contributed by atoms with E-state index >= 15 is 0 Å². The number of halogens is 1. The van der Waals surface area contributed by atoms with Crippen molar-refractivity contribution in [2.45, 2.75) is 32.9 Å². The van der Waals surface area contributed by atoms with Crippen molar-refractivity contribution in [3.8, 4) is 5.75 Å². The van der Waals surface area contributed by atoms with Gasteiger partial charge in [0.15, 0.2) is 0 Å². The molecule has 128 valence electrons. The van der Waals surface area contributed by atoms with Crippen molar-refractivity contribution >= 4 is 21.8 Å². The summed E-state index contributed by atoms with van der Waals surface area (Å²) >= 11 is 3.32. The third-order valence-corrected chi connectivity index (χ3v) is 4.04. The highest BCUT2D eigenvalue weighted by molar-refractivity contribution is 9.10. The Morgan fingerprint density at radius 2 is 2.12 bits per heavy atom. The summed E-state index contributed by atoms with van der Waals surface area (Å²) in [6.45, 7) is 4.80. The molecule has 5 nitrogen and oxygen atoms in total. The van der Waals surface area contributed by atoms with E-state index in [0.29, 0.717) is 13.2 Å². The van der Waals surface area contributed by atoms with Crippen molar-refractivity contribution in [1.29, 1.82) is 0 Å². The van der Waals surface area contributed by atoms with E-state index in [1.807, 2.05) is 38.1 Å². The first-order chi connectivity index (χ1) is 11.5. The molecule has 0 aliphatic rings. The van der Waals surface area contributed by atoms with Crippen LogP contribution in [-0.2, 0) is 11.3 Å². The number of rotatable bonds is 7. The molecule has 1 N–H and O–H groups in total. The third kappa shape index (κ3) is 5.23. The van der Waals surface area contributed by atoms with Gasteiger partial charge in [0.25, 0.3) is 5.56 Å². The molecule has 0 spiro atoms. The summed E-state index contributed by atoms with van der Waals surface area (Å²) < 4.78 is 7.80. The Morgan fingerprint density at radius 1 is 1.33 bits per heavy atom. The summed E-state index contributed by atoms with van der Waals surface area (Å²) in [5, 5.41) is 2.95.